The van der Waals surface area contributed by atoms with Gasteiger partial charge in [-0.2, -0.15) is 0 Å². The number of aromatic nitrogens is 3. The molecule has 3 aromatic carbocycles. The minimum atomic E-state index is -0.680. The van der Waals surface area contributed by atoms with E-state index >= 15 is 0 Å². The number of carbonyl (C=O) groups excluding carboxylic acids is 1. The first kappa shape index (κ1) is 25.2. The smallest absolute Gasteiger partial charge is 0.250 e. The van der Waals surface area contributed by atoms with Crippen molar-refractivity contribution in [1.29, 1.82) is 0 Å². The molecule has 2 saturated heterocycles. The fourth-order valence-electron chi connectivity index (χ4n) is 7.26. The Morgan fingerprint density at radius 2 is 1.75 bits per heavy atom. The van der Waals surface area contributed by atoms with Crippen LogP contribution in [0.15, 0.2) is 66.9 Å². The number of nitrogens with zero attached hydrogens (tertiary/aromatic N) is 6. The highest BCUT2D eigenvalue weighted by atomic mass is 19.1. The van der Waals surface area contributed by atoms with E-state index in [1.807, 2.05) is 4.90 Å². The molecular formula is C31H33FN6O2. The molecule has 1 aromatic heterocycles. The van der Waals surface area contributed by atoms with Crippen molar-refractivity contribution >= 4 is 22.4 Å². The van der Waals surface area contributed by atoms with Crippen LogP contribution in [-0.4, -0.2) is 67.6 Å². The summed E-state index contributed by atoms with van der Waals surface area (Å²) >= 11 is 0. The quantitative estimate of drug-likeness (QED) is 0.402. The molecule has 1 aliphatic carbocycles. The molecule has 1 spiro atoms. The molecule has 206 valence electrons. The number of anilines is 1. The maximum Gasteiger partial charge on any atom is 0.250 e. The van der Waals surface area contributed by atoms with Crippen molar-refractivity contribution in [1.82, 2.24) is 24.8 Å². The number of likely N-dealkylation sites (tertiary alicyclic amines) is 1. The minimum absolute atomic E-state index is 0.112. The highest BCUT2D eigenvalue weighted by Crippen LogP contribution is 2.48. The Balaban J connectivity index is 1.15. The predicted molar refractivity (Wildman–Crippen MR) is 150 cm³/mol. The van der Waals surface area contributed by atoms with Crippen LogP contribution in [0, 0.1) is 5.82 Å². The van der Waals surface area contributed by atoms with Gasteiger partial charge in [-0.05, 0) is 72.4 Å². The number of amides is 1. The van der Waals surface area contributed by atoms with Crippen molar-refractivity contribution in [2.75, 3.05) is 31.2 Å². The third kappa shape index (κ3) is 3.83. The van der Waals surface area contributed by atoms with Gasteiger partial charge in [-0.15, -0.1) is 5.10 Å². The molecule has 0 bridgehead atoms. The Morgan fingerprint density at radius 1 is 1.00 bits per heavy atom. The Kier molecular flexibility index (Phi) is 5.90. The highest BCUT2D eigenvalue weighted by molar-refractivity contribution is 5.94. The predicted octanol–water partition coefficient (Wildman–Crippen LogP) is 3.68. The van der Waals surface area contributed by atoms with E-state index in [0.29, 0.717) is 38.3 Å². The molecule has 7 rings (SSSR count). The molecule has 40 heavy (non-hydrogen) atoms. The van der Waals surface area contributed by atoms with E-state index in [0.717, 1.165) is 25.2 Å². The molecule has 2 aliphatic heterocycles. The third-order valence-corrected chi connectivity index (χ3v) is 9.39. The third-order valence-electron chi connectivity index (χ3n) is 9.39. The van der Waals surface area contributed by atoms with E-state index in [1.54, 1.807) is 23.0 Å². The summed E-state index contributed by atoms with van der Waals surface area (Å²) in [5.41, 5.74) is 3.33. The average molecular weight is 541 g/mol. The van der Waals surface area contributed by atoms with Crippen molar-refractivity contribution in [3.63, 3.8) is 0 Å². The van der Waals surface area contributed by atoms with Crippen LogP contribution in [0.4, 0.5) is 10.1 Å². The molecule has 9 heteroatoms. The van der Waals surface area contributed by atoms with E-state index in [2.05, 4.69) is 63.4 Å². The second kappa shape index (κ2) is 9.38. The first-order valence-electron chi connectivity index (χ1n) is 14.0. The van der Waals surface area contributed by atoms with Gasteiger partial charge in [0, 0.05) is 30.9 Å². The van der Waals surface area contributed by atoms with Crippen molar-refractivity contribution < 1.29 is 14.3 Å². The second-order valence-electron chi connectivity index (χ2n) is 11.5. The summed E-state index contributed by atoms with van der Waals surface area (Å²) in [6.45, 7) is 5.16. The minimum Gasteiger partial charge on any atom is -0.390 e. The number of rotatable bonds is 6. The lowest BCUT2D eigenvalue weighted by molar-refractivity contribution is -0.134. The van der Waals surface area contributed by atoms with Gasteiger partial charge in [0.2, 0.25) is 5.91 Å². The van der Waals surface area contributed by atoms with Crippen molar-refractivity contribution in [2.24, 2.45) is 0 Å². The monoisotopic (exact) mass is 540 g/mol. The second-order valence-corrected chi connectivity index (χ2v) is 11.5. The summed E-state index contributed by atoms with van der Waals surface area (Å²) in [5.74, 6) is -0.176. The summed E-state index contributed by atoms with van der Waals surface area (Å²) in [4.78, 5) is 20.8. The summed E-state index contributed by atoms with van der Waals surface area (Å²) in [5, 5.41) is 20.0. The van der Waals surface area contributed by atoms with Gasteiger partial charge in [0.15, 0.2) is 0 Å². The number of hydrogen-bond acceptors (Lipinski definition) is 6. The molecule has 0 unspecified atom stereocenters. The van der Waals surface area contributed by atoms with Crippen molar-refractivity contribution in [3.8, 4) is 0 Å². The van der Waals surface area contributed by atoms with E-state index in [-0.39, 0.29) is 23.9 Å². The molecule has 4 aromatic rings. The molecule has 1 atom stereocenters. The molecular weight excluding hydrogens is 507 g/mol. The van der Waals surface area contributed by atoms with Crippen molar-refractivity contribution in [2.45, 2.75) is 50.4 Å². The number of piperidine rings is 1. The molecule has 1 amide bonds. The van der Waals surface area contributed by atoms with Crippen LogP contribution in [0.1, 0.15) is 36.6 Å². The number of carbonyl (C=O) groups is 1. The topological polar surface area (TPSA) is 77.7 Å². The number of hydrogen-bond donors (Lipinski definition) is 1. The lowest BCUT2D eigenvalue weighted by Gasteiger charge is -2.48. The summed E-state index contributed by atoms with van der Waals surface area (Å²) in [6.07, 6.45) is 4.05. The summed E-state index contributed by atoms with van der Waals surface area (Å²) in [7, 11) is 0. The summed E-state index contributed by atoms with van der Waals surface area (Å²) in [6, 6.07) is 19.7. The average Bonchev–Trinajstić information content (AvgIpc) is 3.64. The van der Waals surface area contributed by atoms with E-state index < -0.39 is 5.54 Å². The van der Waals surface area contributed by atoms with Crippen LogP contribution in [0.3, 0.4) is 0 Å². The molecule has 8 nitrogen and oxygen atoms in total. The lowest BCUT2D eigenvalue weighted by Crippen LogP contribution is -2.59. The standard InChI is InChI=1S/C31H33FN6O2/c1-30(18-23-6-2-4-22-5-3-7-27(30)28(22)23)36-14-12-31(13-15-36)29(40)35(16-17-37-19-25(20-39)33-34-37)21-38(31)26-10-8-24(32)9-11-26/h2-11,19,39H,12-18,20-21H2,1H3/t30-/m1/s1. The first-order valence-corrected chi connectivity index (χ1v) is 14.0. The molecule has 2 fully saturated rings. The van der Waals surface area contributed by atoms with Gasteiger partial charge in [0.05, 0.1) is 26.0 Å². The normalized spacial score (nSPS) is 22.2. The lowest BCUT2D eigenvalue weighted by atomic mass is 9.81. The maximum absolute atomic E-state index is 14.2. The molecule has 1 N–H and O–H groups in total. The zero-order valence-corrected chi connectivity index (χ0v) is 22.6. The molecule has 0 radical (unpaired) electrons. The van der Waals surface area contributed by atoms with Gasteiger partial charge in [-0.1, -0.05) is 41.6 Å². The van der Waals surface area contributed by atoms with E-state index in [4.69, 9.17) is 0 Å². The number of benzene rings is 3. The number of aliphatic hydroxyl groups excluding tert-OH is 1. The highest BCUT2D eigenvalue weighted by Gasteiger charge is 2.55. The Hall–Kier alpha value is -3.82. The number of halogens is 1. The van der Waals surface area contributed by atoms with Gasteiger partial charge < -0.3 is 14.9 Å². The van der Waals surface area contributed by atoms with Crippen LogP contribution in [0.25, 0.3) is 10.8 Å². The fraction of sp³-hybridized carbons (Fsp3) is 0.387. The van der Waals surface area contributed by atoms with Crippen LogP contribution >= 0.6 is 0 Å². The van der Waals surface area contributed by atoms with Crippen LogP contribution in [0.5, 0.6) is 0 Å². The SMILES string of the molecule is C[C@@]1(N2CCC3(CC2)C(=O)N(CCn2cc(CO)nn2)CN3c2ccc(F)cc2)Cc2cccc3cccc1c23. The van der Waals surface area contributed by atoms with E-state index in [9.17, 15) is 14.3 Å². The Labute approximate surface area is 232 Å². The molecule has 3 aliphatic rings. The molecule has 3 heterocycles. The van der Waals surface area contributed by atoms with Crippen LogP contribution in [0.2, 0.25) is 0 Å². The maximum atomic E-state index is 14.2. The molecule has 0 saturated carbocycles. The first-order chi connectivity index (χ1) is 19.4. The van der Waals surface area contributed by atoms with Crippen LogP contribution < -0.4 is 4.90 Å². The number of aliphatic hydroxyl groups is 1. The summed E-state index contributed by atoms with van der Waals surface area (Å²) < 4.78 is 15.5. The zero-order chi connectivity index (χ0) is 27.5. The Bertz CT molecular complexity index is 1570. The van der Waals surface area contributed by atoms with Gasteiger partial charge >= 0.3 is 0 Å². The van der Waals surface area contributed by atoms with Gasteiger partial charge in [-0.3, -0.25) is 14.4 Å². The van der Waals surface area contributed by atoms with Gasteiger partial charge in [0.1, 0.15) is 17.1 Å². The van der Waals surface area contributed by atoms with Crippen molar-refractivity contribution in [3.05, 3.63) is 89.5 Å². The van der Waals surface area contributed by atoms with Gasteiger partial charge in [0.25, 0.3) is 0 Å². The Morgan fingerprint density at radius 3 is 2.48 bits per heavy atom. The van der Waals surface area contributed by atoms with E-state index in [1.165, 1.54) is 34.0 Å². The van der Waals surface area contributed by atoms with Crippen LogP contribution in [-0.2, 0) is 29.9 Å². The zero-order valence-electron chi connectivity index (χ0n) is 22.6. The van der Waals surface area contributed by atoms with Gasteiger partial charge in [-0.25, -0.2) is 4.39 Å². The fourth-order valence-corrected chi connectivity index (χ4v) is 7.26. The largest absolute Gasteiger partial charge is 0.390 e.